The zero-order valence-electron chi connectivity index (χ0n) is 21.2. The molecule has 1 aliphatic heterocycles. The lowest BCUT2D eigenvalue weighted by Crippen LogP contribution is -2.47. The summed E-state index contributed by atoms with van der Waals surface area (Å²) in [6, 6.07) is 10.9. The monoisotopic (exact) mass is 527 g/mol. The number of anilines is 3. The predicted molar refractivity (Wildman–Crippen MR) is 142 cm³/mol. The third-order valence-corrected chi connectivity index (χ3v) is 7.31. The number of carbonyl (C=O) groups is 1. The molecule has 1 fully saturated rings. The second-order valence-electron chi connectivity index (χ2n) is 9.86. The zero-order valence-corrected chi connectivity index (χ0v) is 21.2. The normalized spacial score (nSPS) is 16.4. The van der Waals surface area contributed by atoms with Crippen molar-refractivity contribution < 1.29 is 22.7 Å². The standard InChI is InChI=1S/C28H32F3N5O2/c29-28(30,31)19-5-8-21(9-6-19)36-13-11-35(12-14-36)15-16-38-18-26(37)33-20-7-10-25-23(17-20)27(32)22-3-1-2-4-24(22)34-25/h5-10,17H,1-4,11-16,18H2,(H2,32,34)(H,33,37). The van der Waals surface area contributed by atoms with Crippen LogP contribution in [0.4, 0.5) is 30.2 Å². The number of aromatic nitrogens is 1. The molecule has 10 heteroatoms. The molecule has 0 spiro atoms. The van der Waals surface area contributed by atoms with Gasteiger partial charge in [0.25, 0.3) is 0 Å². The lowest BCUT2D eigenvalue weighted by molar-refractivity contribution is -0.137. The molecule has 1 aliphatic carbocycles. The Balaban J connectivity index is 1.05. The first-order valence-corrected chi connectivity index (χ1v) is 13.0. The number of fused-ring (bicyclic) bond motifs is 2. The Kier molecular flexibility index (Phi) is 7.71. The van der Waals surface area contributed by atoms with Gasteiger partial charge < -0.3 is 20.7 Å². The number of amides is 1. The number of nitrogens with zero attached hydrogens (tertiary/aromatic N) is 3. The molecule has 1 aromatic heterocycles. The second-order valence-corrected chi connectivity index (χ2v) is 9.86. The average molecular weight is 528 g/mol. The van der Waals surface area contributed by atoms with E-state index >= 15 is 0 Å². The summed E-state index contributed by atoms with van der Waals surface area (Å²) in [7, 11) is 0. The van der Waals surface area contributed by atoms with Crippen LogP contribution in [0.25, 0.3) is 10.9 Å². The number of nitrogen functional groups attached to an aromatic ring is 1. The largest absolute Gasteiger partial charge is 0.416 e. The Hall–Kier alpha value is -3.37. The summed E-state index contributed by atoms with van der Waals surface area (Å²) >= 11 is 0. The van der Waals surface area contributed by atoms with Crippen LogP contribution in [0, 0.1) is 0 Å². The van der Waals surface area contributed by atoms with Gasteiger partial charge in [-0.2, -0.15) is 13.2 Å². The van der Waals surface area contributed by atoms with Crippen LogP contribution in [0.5, 0.6) is 0 Å². The number of benzene rings is 2. The number of nitrogens with one attached hydrogen (secondary N) is 1. The van der Waals surface area contributed by atoms with Gasteiger partial charge in [0, 0.05) is 60.9 Å². The Labute approximate surface area is 219 Å². The minimum Gasteiger partial charge on any atom is -0.398 e. The quantitative estimate of drug-likeness (QED) is 0.441. The molecule has 2 aliphatic rings. The molecule has 1 saturated heterocycles. The fourth-order valence-corrected chi connectivity index (χ4v) is 5.18. The molecule has 38 heavy (non-hydrogen) atoms. The lowest BCUT2D eigenvalue weighted by Gasteiger charge is -2.36. The molecule has 0 unspecified atom stereocenters. The van der Waals surface area contributed by atoms with Crippen molar-refractivity contribution in [3.8, 4) is 0 Å². The topological polar surface area (TPSA) is 83.7 Å². The third kappa shape index (κ3) is 6.02. The van der Waals surface area contributed by atoms with E-state index in [2.05, 4.69) is 15.1 Å². The van der Waals surface area contributed by atoms with Crippen LogP contribution in [-0.4, -0.2) is 61.7 Å². The maximum absolute atomic E-state index is 12.8. The Morgan fingerprint density at radius 3 is 2.50 bits per heavy atom. The first kappa shape index (κ1) is 26.2. The third-order valence-electron chi connectivity index (χ3n) is 7.31. The van der Waals surface area contributed by atoms with Gasteiger partial charge in [-0.15, -0.1) is 0 Å². The molecule has 3 N–H and O–H groups in total. The van der Waals surface area contributed by atoms with E-state index in [1.807, 2.05) is 18.2 Å². The van der Waals surface area contributed by atoms with Crippen LogP contribution in [-0.2, 0) is 28.5 Å². The van der Waals surface area contributed by atoms with E-state index in [-0.39, 0.29) is 12.5 Å². The van der Waals surface area contributed by atoms with Crippen molar-refractivity contribution in [1.29, 1.82) is 0 Å². The Morgan fingerprint density at radius 1 is 1.03 bits per heavy atom. The molecule has 0 bridgehead atoms. The smallest absolute Gasteiger partial charge is 0.398 e. The summed E-state index contributed by atoms with van der Waals surface area (Å²) in [6.07, 6.45) is -0.168. The molecule has 5 rings (SSSR count). The number of aryl methyl sites for hydroxylation is 1. The van der Waals surface area contributed by atoms with Crippen molar-refractivity contribution in [3.05, 3.63) is 59.3 Å². The van der Waals surface area contributed by atoms with Gasteiger partial charge in [-0.05, 0) is 73.7 Å². The summed E-state index contributed by atoms with van der Waals surface area (Å²) in [5, 5.41) is 3.74. The highest BCUT2D eigenvalue weighted by Crippen LogP contribution is 2.33. The maximum Gasteiger partial charge on any atom is 0.416 e. The van der Waals surface area contributed by atoms with E-state index in [1.54, 1.807) is 0 Å². The van der Waals surface area contributed by atoms with Gasteiger partial charge in [0.2, 0.25) is 5.91 Å². The Morgan fingerprint density at radius 2 is 1.76 bits per heavy atom. The van der Waals surface area contributed by atoms with Gasteiger partial charge in [0.15, 0.2) is 0 Å². The molecular weight excluding hydrogens is 495 g/mol. The van der Waals surface area contributed by atoms with Crippen LogP contribution >= 0.6 is 0 Å². The van der Waals surface area contributed by atoms with Gasteiger partial charge in [-0.1, -0.05) is 0 Å². The molecule has 7 nitrogen and oxygen atoms in total. The van der Waals surface area contributed by atoms with Gasteiger partial charge in [0.05, 0.1) is 17.7 Å². The fraction of sp³-hybridized carbons (Fsp3) is 0.429. The second kappa shape index (κ2) is 11.2. The molecule has 3 aromatic rings. The van der Waals surface area contributed by atoms with Crippen LogP contribution in [0.2, 0.25) is 0 Å². The van der Waals surface area contributed by atoms with Gasteiger partial charge in [-0.3, -0.25) is 14.7 Å². The highest BCUT2D eigenvalue weighted by Gasteiger charge is 2.30. The minimum absolute atomic E-state index is 0.0541. The molecule has 2 heterocycles. The fourth-order valence-electron chi connectivity index (χ4n) is 5.18. The van der Waals surface area contributed by atoms with Crippen molar-refractivity contribution in [2.45, 2.75) is 31.9 Å². The summed E-state index contributed by atoms with van der Waals surface area (Å²) in [6.45, 7) is 4.01. The molecular formula is C28H32F3N5O2. The van der Waals surface area contributed by atoms with Gasteiger partial charge in [0.1, 0.15) is 6.61 Å². The lowest BCUT2D eigenvalue weighted by atomic mass is 9.93. The number of hydrogen-bond donors (Lipinski definition) is 2. The summed E-state index contributed by atoms with van der Waals surface area (Å²) in [5.41, 5.74) is 11.1. The van der Waals surface area contributed by atoms with Gasteiger partial charge in [-0.25, -0.2) is 0 Å². The maximum atomic E-state index is 12.8. The number of piperazine rings is 1. The van der Waals surface area contributed by atoms with Crippen molar-refractivity contribution in [3.63, 3.8) is 0 Å². The number of carbonyl (C=O) groups excluding carboxylic acids is 1. The van der Waals surface area contributed by atoms with Crippen LogP contribution in [0.3, 0.4) is 0 Å². The average Bonchev–Trinajstić information content (AvgIpc) is 2.92. The van der Waals surface area contributed by atoms with E-state index in [9.17, 15) is 18.0 Å². The number of hydrogen-bond acceptors (Lipinski definition) is 6. The van der Waals surface area contributed by atoms with Crippen LogP contribution < -0.4 is 16.0 Å². The van der Waals surface area contributed by atoms with Crippen LogP contribution in [0.15, 0.2) is 42.5 Å². The van der Waals surface area contributed by atoms with E-state index in [1.165, 1.54) is 12.1 Å². The predicted octanol–water partition coefficient (Wildman–Crippen LogP) is 4.49. The van der Waals surface area contributed by atoms with E-state index in [4.69, 9.17) is 15.5 Å². The molecule has 0 atom stereocenters. The van der Waals surface area contributed by atoms with E-state index in [0.29, 0.717) is 18.8 Å². The van der Waals surface area contributed by atoms with Crippen LogP contribution in [0.1, 0.15) is 29.7 Å². The van der Waals surface area contributed by atoms with Crippen molar-refractivity contribution in [1.82, 2.24) is 9.88 Å². The van der Waals surface area contributed by atoms with Gasteiger partial charge >= 0.3 is 6.18 Å². The highest BCUT2D eigenvalue weighted by atomic mass is 19.4. The van der Waals surface area contributed by atoms with Crippen molar-refractivity contribution >= 4 is 33.9 Å². The first-order chi connectivity index (χ1) is 18.3. The minimum atomic E-state index is -4.32. The zero-order chi connectivity index (χ0) is 26.7. The van der Waals surface area contributed by atoms with Crippen molar-refractivity contribution in [2.75, 3.05) is 61.9 Å². The molecule has 202 valence electrons. The molecule has 1 amide bonds. The highest BCUT2D eigenvalue weighted by molar-refractivity contribution is 5.98. The van der Waals surface area contributed by atoms with E-state index in [0.717, 1.165) is 97.5 Å². The summed E-state index contributed by atoms with van der Waals surface area (Å²) in [5.74, 6) is -0.235. The number of ether oxygens (including phenoxy) is 1. The van der Waals surface area contributed by atoms with Crippen molar-refractivity contribution in [2.24, 2.45) is 0 Å². The van der Waals surface area contributed by atoms with E-state index < -0.39 is 11.7 Å². The Bertz CT molecular complexity index is 1290. The number of nitrogens with two attached hydrogens (primary N) is 1. The SMILES string of the molecule is Nc1c2c(nc3ccc(NC(=O)COCCN4CCN(c5ccc(C(F)(F)F)cc5)CC4)cc13)CCCC2. The summed E-state index contributed by atoms with van der Waals surface area (Å²) < 4.78 is 43.9. The number of pyridine rings is 1. The summed E-state index contributed by atoms with van der Waals surface area (Å²) in [4.78, 5) is 21.5. The number of halogens is 3. The number of alkyl halides is 3. The molecule has 0 radical (unpaired) electrons. The molecule has 2 aromatic carbocycles. The number of rotatable bonds is 7. The molecule has 0 saturated carbocycles. The first-order valence-electron chi connectivity index (χ1n) is 13.0.